The lowest BCUT2D eigenvalue weighted by Crippen LogP contribution is -2.26. The molecule has 0 aliphatic rings. The first-order valence-corrected chi connectivity index (χ1v) is 11.0. The Morgan fingerprint density at radius 3 is 2.55 bits per heavy atom. The molecule has 0 aliphatic heterocycles. The van der Waals surface area contributed by atoms with Gasteiger partial charge < -0.3 is 15.4 Å². The van der Waals surface area contributed by atoms with Gasteiger partial charge in [-0.25, -0.2) is 9.37 Å². The number of carbonyl (C=O) groups is 1. The van der Waals surface area contributed by atoms with Crippen molar-refractivity contribution in [2.45, 2.75) is 26.7 Å². The Bertz CT molecular complexity index is 1060. The molecule has 0 fully saturated rings. The standard InChI is InChI=1S/C23H24FN3O2S2/c1-23(2,21(28)29-3)13-12-20-25-14-19(31-20)15-8-10-16(11-9-15)26-22(30)27-18-7-5-4-6-17(18)24/h4-11,14H,12-13H2,1-3H3,(H2,26,27,30). The predicted molar refractivity (Wildman–Crippen MR) is 128 cm³/mol. The van der Waals surface area contributed by atoms with E-state index in [9.17, 15) is 9.18 Å². The van der Waals surface area contributed by atoms with Gasteiger partial charge in [-0.2, -0.15) is 0 Å². The van der Waals surface area contributed by atoms with Crippen molar-refractivity contribution >= 4 is 46.0 Å². The number of nitrogens with zero attached hydrogens (tertiary/aromatic N) is 1. The molecule has 0 radical (unpaired) electrons. The maximum atomic E-state index is 13.7. The normalized spacial score (nSPS) is 11.1. The summed E-state index contributed by atoms with van der Waals surface area (Å²) in [6, 6.07) is 14.1. The van der Waals surface area contributed by atoms with Crippen molar-refractivity contribution in [1.82, 2.24) is 4.98 Å². The monoisotopic (exact) mass is 457 g/mol. The minimum absolute atomic E-state index is 0.213. The summed E-state index contributed by atoms with van der Waals surface area (Å²) in [7, 11) is 1.41. The third-order valence-corrected chi connectivity index (χ3v) is 6.12. The number of carbonyl (C=O) groups excluding carboxylic acids is 1. The Balaban J connectivity index is 1.58. The first-order chi connectivity index (χ1) is 14.8. The topological polar surface area (TPSA) is 63.2 Å². The number of thiazole rings is 1. The molecule has 5 nitrogen and oxygen atoms in total. The summed E-state index contributed by atoms with van der Waals surface area (Å²) >= 11 is 6.87. The van der Waals surface area contributed by atoms with Gasteiger partial charge in [0.2, 0.25) is 0 Å². The number of aryl methyl sites for hydroxylation is 1. The Kier molecular flexibility index (Phi) is 7.35. The average molecular weight is 458 g/mol. The van der Waals surface area contributed by atoms with Gasteiger partial charge in [0.1, 0.15) is 5.82 Å². The first kappa shape index (κ1) is 22.8. The van der Waals surface area contributed by atoms with Crippen molar-refractivity contribution in [3.63, 3.8) is 0 Å². The lowest BCUT2D eigenvalue weighted by molar-refractivity contribution is -0.151. The number of halogens is 1. The Hall–Kier alpha value is -2.84. The Labute approximate surface area is 190 Å². The summed E-state index contributed by atoms with van der Waals surface area (Å²) in [4.78, 5) is 17.4. The summed E-state index contributed by atoms with van der Waals surface area (Å²) in [6.07, 6.45) is 3.22. The number of esters is 1. The van der Waals surface area contributed by atoms with Crippen LogP contribution in [0.1, 0.15) is 25.3 Å². The lowest BCUT2D eigenvalue weighted by Gasteiger charge is -2.20. The van der Waals surface area contributed by atoms with Crippen LogP contribution in [0.25, 0.3) is 10.4 Å². The first-order valence-electron chi connectivity index (χ1n) is 9.74. The molecule has 0 unspecified atom stereocenters. The predicted octanol–water partition coefficient (Wildman–Crippen LogP) is 5.89. The number of rotatable bonds is 7. The maximum Gasteiger partial charge on any atom is 0.311 e. The highest BCUT2D eigenvalue weighted by molar-refractivity contribution is 7.80. The molecule has 0 bridgehead atoms. The van der Waals surface area contributed by atoms with Crippen molar-refractivity contribution < 1.29 is 13.9 Å². The van der Waals surface area contributed by atoms with Gasteiger partial charge in [0.05, 0.1) is 28.1 Å². The number of nitrogens with one attached hydrogen (secondary N) is 2. The molecule has 3 rings (SSSR count). The van der Waals surface area contributed by atoms with E-state index < -0.39 is 5.41 Å². The molecule has 1 aromatic heterocycles. The summed E-state index contributed by atoms with van der Waals surface area (Å²) in [5.74, 6) is -0.576. The largest absolute Gasteiger partial charge is 0.469 e. The van der Waals surface area contributed by atoms with Gasteiger partial charge in [-0.15, -0.1) is 11.3 Å². The summed E-state index contributed by atoms with van der Waals surface area (Å²) in [5.41, 5.74) is 1.61. The Morgan fingerprint density at radius 1 is 1.16 bits per heavy atom. The molecule has 0 saturated heterocycles. The van der Waals surface area contributed by atoms with E-state index in [1.807, 2.05) is 44.3 Å². The molecule has 0 saturated carbocycles. The number of para-hydroxylation sites is 1. The molecule has 0 atom stereocenters. The maximum absolute atomic E-state index is 13.7. The fourth-order valence-electron chi connectivity index (χ4n) is 2.92. The zero-order valence-electron chi connectivity index (χ0n) is 17.6. The SMILES string of the molecule is COC(=O)C(C)(C)CCc1ncc(-c2ccc(NC(=S)Nc3ccccc3F)cc2)s1. The molecule has 8 heteroatoms. The van der Waals surface area contributed by atoms with Crippen LogP contribution in [0.15, 0.2) is 54.7 Å². The van der Waals surface area contributed by atoms with Crippen molar-refractivity contribution in [2.75, 3.05) is 17.7 Å². The number of anilines is 2. The van der Waals surface area contributed by atoms with E-state index >= 15 is 0 Å². The minimum atomic E-state index is -0.539. The molecular formula is C23H24FN3O2S2. The van der Waals surface area contributed by atoms with Crippen molar-refractivity contribution in [3.05, 3.63) is 65.6 Å². The van der Waals surface area contributed by atoms with E-state index in [0.29, 0.717) is 23.6 Å². The molecule has 3 aromatic rings. The number of methoxy groups -OCH3 is 1. The van der Waals surface area contributed by atoms with E-state index in [1.54, 1.807) is 29.5 Å². The molecule has 0 aliphatic carbocycles. The van der Waals surface area contributed by atoms with Crippen LogP contribution in [0.2, 0.25) is 0 Å². The van der Waals surface area contributed by atoms with Gasteiger partial charge in [-0.3, -0.25) is 4.79 Å². The Morgan fingerprint density at radius 2 is 1.87 bits per heavy atom. The van der Waals surface area contributed by atoms with Gasteiger partial charge in [0.15, 0.2) is 5.11 Å². The lowest BCUT2D eigenvalue weighted by atomic mass is 9.88. The zero-order chi connectivity index (χ0) is 22.4. The zero-order valence-corrected chi connectivity index (χ0v) is 19.2. The van der Waals surface area contributed by atoms with E-state index in [1.165, 1.54) is 13.2 Å². The highest BCUT2D eigenvalue weighted by Gasteiger charge is 2.28. The highest BCUT2D eigenvalue weighted by Crippen LogP contribution is 2.30. The van der Waals surface area contributed by atoms with Gasteiger partial charge in [-0.05, 0) is 62.3 Å². The van der Waals surface area contributed by atoms with Crippen LogP contribution < -0.4 is 10.6 Å². The van der Waals surface area contributed by atoms with Gasteiger partial charge in [0.25, 0.3) is 0 Å². The van der Waals surface area contributed by atoms with Crippen molar-refractivity contribution in [2.24, 2.45) is 5.41 Å². The van der Waals surface area contributed by atoms with E-state index in [2.05, 4.69) is 15.6 Å². The second-order valence-corrected chi connectivity index (χ2v) is 9.15. The summed E-state index contributed by atoms with van der Waals surface area (Å²) in [6.45, 7) is 3.76. The van der Waals surface area contributed by atoms with Crippen LogP contribution in [0.5, 0.6) is 0 Å². The fourth-order valence-corrected chi connectivity index (χ4v) is 4.07. The summed E-state index contributed by atoms with van der Waals surface area (Å²) in [5, 5.41) is 7.19. The second kappa shape index (κ2) is 9.98. The smallest absolute Gasteiger partial charge is 0.311 e. The molecule has 1 heterocycles. The molecule has 162 valence electrons. The molecule has 31 heavy (non-hydrogen) atoms. The van der Waals surface area contributed by atoms with E-state index in [0.717, 1.165) is 21.1 Å². The van der Waals surface area contributed by atoms with Gasteiger partial charge in [0, 0.05) is 18.3 Å². The fraction of sp³-hybridized carbons (Fsp3) is 0.261. The van der Waals surface area contributed by atoms with Gasteiger partial charge in [-0.1, -0.05) is 24.3 Å². The molecule has 2 N–H and O–H groups in total. The number of ether oxygens (including phenoxy) is 1. The van der Waals surface area contributed by atoms with Crippen LogP contribution in [-0.4, -0.2) is 23.2 Å². The molecule has 0 amide bonds. The van der Waals surface area contributed by atoms with Crippen LogP contribution in [0.3, 0.4) is 0 Å². The number of thiocarbonyl (C=S) groups is 1. The molecular weight excluding hydrogens is 433 g/mol. The minimum Gasteiger partial charge on any atom is -0.469 e. The van der Waals surface area contributed by atoms with Crippen LogP contribution in [-0.2, 0) is 16.0 Å². The second-order valence-electron chi connectivity index (χ2n) is 7.63. The van der Waals surface area contributed by atoms with E-state index in [-0.39, 0.29) is 11.8 Å². The highest BCUT2D eigenvalue weighted by atomic mass is 32.1. The third-order valence-electron chi connectivity index (χ3n) is 4.80. The summed E-state index contributed by atoms with van der Waals surface area (Å²) < 4.78 is 18.6. The van der Waals surface area contributed by atoms with Crippen LogP contribution in [0, 0.1) is 11.2 Å². The van der Waals surface area contributed by atoms with Crippen molar-refractivity contribution in [3.8, 4) is 10.4 Å². The van der Waals surface area contributed by atoms with Crippen LogP contribution in [0.4, 0.5) is 15.8 Å². The number of hydrogen-bond acceptors (Lipinski definition) is 5. The quantitative estimate of drug-likeness (QED) is 0.341. The van der Waals surface area contributed by atoms with Gasteiger partial charge >= 0.3 is 5.97 Å². The van der Waals surface area contributed by atoms with E-state index in [4.69, 9.17) is 17.0 Å². The van der Waals surface area contributed by atoms with Crippen LogP contribution >= 0.6 is 23.6 Å². The van der Waals surface area contributed by atoms with Crippen molar-refractivity contribution in [1.29, 1.82) is 0 Å². The number of benzene rings is 2. The molecule has 2 aromatic carbocycles. The third kappa shape index (κ3) is 6.08. The number of hydrogen-bond donors (Lipinski definition) is 2. The molecule has 0 spiro atoms. The number of aromatic nitrogens is 1. The average Bonchev–Trinajstić information content (AvgIpc) is 3.23.